The van der Waals surface area contributed by atoms with Crippen LogP contribution in [-0.4, -0.2) is 37.7 Å². The fraction of sp³-hybridized carbons (Fsp3) is 0.705. The van der Waals surface area contributed by atoms with Gasteiger partial charge in [-0.15, -0.1) is 0 Å². The van der Waals surface area contributed by atoms with E-state index >= 15 is 0 Å². The van der Waals surface area contributed by atoms with Crippen molar-refractivity contribution in [1.29, 1.82) is 0 Å². The topological polar surface area (TPSA) is 33.6 Å². The van der Waals surface area contributed by atoms with Crippen LogP contribution in [0.1, 0.15) is 158 Å². The first kappa shape index (κ1) is 46.9. The Morgan fingerprint density at radius 1 is 1.06 bits per heavy atom. The summed E-state index contributed by atoms with van der Waals surface area (Å²) < 4.78 is 10.5. The minimum atomic E-state index is -0.137. The summed E-state index contributed by atoms with van der Waals surface area (Å²) >= 11 is 5.46. The molecule has 1 saturated heterocycles. The van der Waals surface area contributed by atoms with Crippen molar-refractivity contribution in [2.24, 2.45) is 16.8 Å². The maximum atomic E-state index is 6.49. The molecule has 3 fully saturated rings. The average molecular weight is 1510 g/mol. The monoisotopic (exact) mass is 1510 g/mol. The number of hydrogen-bond acceptors (Lipinski definition) is 3. The summed E-state index contributed by atoms with van der Waals surface area (Å²) in [6.45, 7) is 19.2. The van der Waals surface area contributed by atoms with Crippen LogP contribution in [-0.2, 0) is 4.74 Å². The number of allylic oxidation sites excluding steroid dienone is 2. The van der Waals surface area contributed by atoms with Gasteiger partial charge in [0.25, 0.3) is 0 Å². The summed E-state index contributed by atoms with van der Waals surface area (Å²) in [7, 11) is 0. The number of ether oxygens (including phenoxy) is 1. The minimum Gasteiger partial charge on any atom is 2.00 e. The van der Waals surface area contributed by atoms with Gasteiger partial charge in [0, 0.05) is 0 Å². The molecule has 2 aliphatic carbocycles. The second-order valence-electron chi connectivity index (χ2n) is 16.0. The average Bonchev–Trinajstić information content (AvgIpc) is 3.57. The van der Waals surface area contributed by atoms with Crippen LogP contribution in [0, 0.1) is 56.8 Å². The van der Waals surface area contributed by atoms with Gasteiger partial charge in [-0.1, -0.05) is 0 Å². The maximum Gasteiger partial charge on any atom is 2.00 e. The fourth-order valence-electron chi connectivity index (χ4n) is 9.58. The third kappa shape index (κ3) is 12.0. The minimum absolute atomic E-state index is 0. The van der Waals surface area contributed by atoms with Crippen LogP contribution in [0.15, 0.2) is 45.1 Å². The Bertz CT molecular complexity index is 1380. The van der Waals surface area contributed by atoms with E-state index in [1.165, 1.54) is 117 Å². The van der Waals surface area contributed by atoms with Crippen LogP contribution >= 0.6 is 41.2 Å². The molecule has 5 aliphatic rings. The van der Waals surface area contributed by atoms with Gasteiger partial charge in [0.15, 0.2) is 0 Å². The number of halogens is 5. The van der Waals surface area contributed by atoms with Gasteiger partial charge in [-0.2, -0.15) is 0 Å². The molecule has 7 unspecified atom stereocenters. The Kier molecular flexibility index (Phi) is 20.5. The Labute approximate surface area is 402 Å². The van der Waals surface area contributed by atoms with E-state index in [9.17, 15) is 0 Å². The number of fused-ring (bicyclic) bond motifs is 2. The smallest absolute Gasteiger partial charge is 2.00 e. The van der Waals surface area contributed by atoms with Crippen molar-refractivity contribution in [2.45, 2.75) is 167 Å². The van der Waals surface area contributed by atoms with Crippen LogP contribution < -0.4 is 65.0 Å². The quantitative estimate of drug-likeness (QED) is 0.0857. The van der Waals surface area contributed by atoms with Crippen molar-refractivity contribution in [2.75, 3.05) is 6.61 Å². The first-order valence-corrected chi connectivity index (χ1v) is 33.8. The molecule has 0 radical (unpaired) electrons. The van der Waals surface area contributed by atoms with E-state index in [4.69, 9.17) is 9.73 Å². The van der Waals surface area contributed by atoms with E-state index < -0.39 is 0 Å². The zero-order valence-electron chi connectivity index (χ0n) is 32.3. The van der Waals surface area contributed by atoms with E-state index in [2.05, 4.69) is 105 Å². The van der Waals surface area contributed by atoms with E-state index in [1.807, 2.05) is 0 Å². The number of rotatable bonds is 17. The van der Waals surface area contributed by atoms with Crippen molar-refractivity contribution in [3.8, 4) is 0 Å². The molecule has 0 amide bonds. The van der Waals surface area contributed by atoms with Crippen LogP contribution in [0.25, 0.3) is 0 Å². The molecule has 1 N–H and O–H groups in total. The van der Waals surface area contributed by atoms with Crippen LogP contribution in [0.2, 0.25) is 0 Å². The molecule has 3 heterocycles. The van der Waals surface area contributed by atoms with E-state index in [1.54, 1.807) is 11.1 Å². The number of nitrogens with one attached hydrogen (secondary N) is 1. The third-order valence-corrected chi connectivity index (χ3v) is 37.1. The molecule has 0 spiro atoms. The van der Waals surface area contributed by atoms with Gasteiger partial charge in [0.1, 0.15) is 0 Å². The standard InChI is InChI=1S/C44H64I5N2O.U/c1-6-15-31(19-22-35(7-2)50-29(5)48-44(8-3,9-4)49-46)41-36-24-21-34(45)26-33(36)28-39(47-41)42-38-27-32(30-16-11-10-12-17-30)20-23-37(38)43(51-42)40-18-13-14-25-52-40;/h20,23,27-28,30-31,34-36,39-41,43,50H,1-2,5-19,21-22,24-26H2,3-4H3;/q-5;+2/t31?,34?,35-,36?,39?,40?,41?,43?;/m0./s1. The predicted octanol–water partition coefficient (Wildman–Crippen LogP) is 3.23. The van der Waals surface area contributed by atoms with Gasteiger partial charge in [-0.25, -0.2) is 0 Å². The number of aliphatic imine (C=N–C) groups is 1. The summed E-state index contributed by atoms with van der Waals surface area (Å²) in [6, 6.07) is 8.24. The summed E-state index contributed by atoms with van der Waals surface area (Å²) in [5, 5.41) is 3.98. The molecule has 3 nitrogen and oxygen atoms in total. The number of hydrogen-bond donors (Lipinski definition) is 1. The summed E-state index contributed by atoms with van der Waals surface area (Å²) in [4.78, 5) is 5.79. The SMILES string of the molecule is C=C(N[C@@H](C[CH2-])CCC(CC[CH2-])C1[I-]C(C2=NC(C3CCCCO3)c3ccc(C4CCCCC4)cc32)C=C2CC(I)CCC21)[I-]C(CC)(CC)[I-]I.[U+2]. The molecule has 0 aromatic heterocycles. The molecule has 1 aromatic rings. The first-order valence-electron chi connectivity index (χ1n) is 20.6. The number of alkyl halides is 5. The molecule has 3 aliphatic heterocycles. The second kappa shape index (κ2) is 23.2. The first-order chi connectivity index (χ1) is 25.3. The predicted molar refractivity (Wildman–Crippen MR) is 227 cm³/mol. The van der Waals surface area contributed by atoms with E-state index in [-0.39, 0.29) is 103 Å². The third-order valence-electron chi connectivity index (χ3n) is 12.7. The molecule has 8 atom stereocenters. The normalized spacial score (nSPS) is 29.2. The van der Waals surface area contributed by atoms with Gasteiger partial charge in [0.05, 0.1) is 0 Å². The molecule has 9 heteroatoms. The van der Waals surface area contributed by atoms with Crippen molar-refractivity contribution >= 4 is 46.9 Å². The molecular formula is C44H64I5N2OU-3. The zero-order valence-corrected chi connectivity index (χ0v) is 47.3. The van der Waals surface area contributed by atoms with Crippen molar-refractivity contribution < 1.29 is 95.5 Å². The largest absolute Gasteiger partial charge is 2.00 e. The van der Waals surface area contributed by atoms with Crippen LogP contribution in [0.4, 0.5) is 0 Å². The van der Waals surface area contributed by atoms with Gasteiger partial charge in [0.2, 0.25) is 0 Å². The molecule has 1 aromatic carbocycles. The van der Waals surface area contributed by atoms with Gasteiger partial charge in [-0.05, 0) is 0 Å². The van der Waals surface area contributed by atoms with E-state index in [0.29, 0.717) is 11.4 Å². The van der Waals surface area contributed by atoms with E-state index in [0.717, 1.165) is 51.5 Å². The Morgan fingerprint density at radius 2 is 1.83 bits per heavy atom. The van der Waals surface area contributed by atoms with Gasteiger partial charge < -0.3 is 0 Å². The zero-order chi connectivity index (χ0) is 36.7. The molecular weight excluding hydrogens is 1450 g/mol. The summed E-state index contributed by atoms with van der Waals surface area (Å²) in [5.74, 6) is 2.23. The fourth-order valence-corrected chi connectivity index (χ4v) is 28.2. The molecule has 6 rings (SSSR count). The van der Waals surface area contributed by atoms with Gasteiger partial charge >= 0.3 is 409 Å². The van der Waals surface area contributed by atoms with Crippen molar-refractivity contribution in [3.05, 3.63) is 70.7 Å². The molecule has 53 heavy (non-hydrogen) atoms. The number of nitrogens with zero attached hydrogens (tertiary/aromatic N) is 1. The molecule has 0 bridgehead atoms. The Hall–Kier alpha value is 2.83. The molecule has 2 saturated carbocycles. The van der Waals surface area contributed by atoms with Gasteiger partial charge in [-0.3, -0.25) is 0 Å². The van der Waals surface area contributed by atoms with Crippen molar-refractivity contribution in [3.63, 3.8) is 0 Å². The Balaban J connectivity index is 0.00000541. The van der Waals surface area contributed by atoms with Crippen molar-refractivity contribution in [1.82, 2.24) is 5.32 Å². The van der Waals surface area contributed by atoms with Crippen LogP contribution in [0.5, 0.6) is 0 Å². The second-order valence-corrected chi connectivity index (χ2v) is 32.4. The van der Waals surface area contributed by atoms with Crippen LogP contribution in [0.3, 0.4) is 0 Å². The Morgan fingerprint density at radius 3 is 2.51 bits per heavy atom. The summed E-state index contributed by atoms with van der Waals surface area (Å²) in [5.41, 5.74) is 7.79. The maximum absolute atomic E-state index is 6.49. The number of benzene rings is 1. The molecule has 298 valence electrons. The summed E-state index contributed by atoms with van der Waals surface area (Å²) in [6.07, 6.45) is 25.9.